The highest BCUT2D eigenvalue weighted by Crippen LogP contribution is 2.22. The van der Waals surface area contributed by atoms with E-state index in [0.717, 1.165) is 17.7 Å². The van der Waals surface area contributed by atoms with E-state index in [1.54, 1.807) is 7.05 Å². The molecule has 3 N–H and O–H groups in total. The second kappa shape index (κ2) is 10.7. The van der Waals surface area contributed by atoms with Crippen LogP contribution in [0, 0.1) is 0 Å². The molecule has 6 heteroatoms. The van der Waals surface area contributed by atoms with Gasteiger partial charge in [0.15, 0.2) is 5.96 Å². The number of aliphatic imine (C=N–C) groups is 1. The molecule has 1 atom stereocenters. The minimum absolute atomic E-state index is 0.0474. The molecule has 0 saturated heterocycles. The molecule has 0 aromatic heterocycles. The molecule has 1 unspecified atom stereocenters. The molecule has 6 nitrogen and oxygen atoms in total. The molecular weight excluding hydrogens is 328 g/mol. The average Bonchev–Trinajstić information content (AvgIpc) is 2.57. The zero-order valence-electron chi connectivity index (χ0n) is 17.0. The molecule has 1 rings (SSSR count). The lowest BCUT2D eigenvalue weighted by molar-refractivity contribution is -0.121. The minimum Gasteiger partial charge on any atom is -0.488 e. The Hall–Kier alpha value is -2.24. The van der Waals surface area contributed by atoms with Crippen molar-refractivity contribution in [3.63, 3.8) is 0 Å². The molecule has 1 aromatic rings. The molecule has 0 aliphatic heterocycles. The first-order chi connectivity index (χ1) is 12.2. The van der Waals surface area contributed by atoms with Gasteiger partial charge >= 0.3 is 0 Å². The van der Waals surface area contributed by atoms with Crippen LogP contribution in [0.4, 0.5) is 0 Å². The second-order valence-corrected chi connectivity index (χ2v) is 7.30. The number of para-hydroxylation sites is 1. The maximum absolute atomic E-state index is 11.8. The molecule has 0 aliphatic rings. The number of guanidine groups is 1. The van der Waals surface area contributed by atoms with Crippen molar-refractivity contribution in [1.29, 1.82) is 0 Å². The zero-order valence-corrected chi connectivity index (χ0v) is 17.0. The van der Waals surface area contributed by atoms with E-state index in [2.05, 4.69) is 27.9 Å². The number of carbonyl (C=O) groups is 1. The number of hydrogen-bond donors (Lipinski definition) is 3. The van der Waals surface area contributed by atoms with E-state index in [1.807, 2.05) is 52.0 Å². The van der Waals surface area contributed by atoms with E-state index in [9.17, 15) is 4.79 Å². The van der Waals surface area contributed by atoms with Crippen molar-refractivity contribution < 1.29 is 9.53 Å². The van der Waals surface area contributed by atoms with Crippen LogP contribution in [-0.4, -0.2) is 37.1 Å². The van der Waals surface area contributed by atoms with Crippen molar-refractivity contribution in [2.75, 3.05) is 13.6 Å². The van der Waals surface area contributed by atoms with Crippen molar-refractivity contribution in [2.24, 2.45) is 4.99 Å². The number of benzene rings is 1. The zero-order chi connectivity index (χ0) is 19.6. The summed E-state index contributed by atoms with van der Waals surface area (Å²) in [5.41, 5.74) is 0.804. The smallest absolute Gasteiger partial charge is 0.221 e. The van der Waals surface area contributed by atoms with E-state index < -0.39 is 0 Å². The molecule has 0 radical (unpaired) electrons. The van der Waals surface area contributed by atoms with Crippen LogP contribution >= 0.6 is 0 Å². The molecule has 0 aliphatic carbocycles. The lowest BCUT2D eigenvalue weighted by Crippen LogP contribution is -2.40. The molecule has 0 spiro atoms. The van der Waals surface area contributed by atoms with Gasteiger partial charge in [-0.05, 0) is 40.2 Å². The predicted molar refractivity (Wildman–Crippen MR) is 108 cm³/mol. The Morgan fingerprint density at radius 2 is 1.92 bits per heavy atom. The summed E-state index contributed by atoms with van der Waals surface area (Å²) in [4.78, 5) is 16.0. The van der Waals surface area contributed by atoms with Crippen LogP contribution in [0.25, 0.3) is 0 Å². The first kappa shape index (κ1) is 21.8. The molecular formula is C20H34N4O2. The van der Waals surface area contributed by atoms with Gasteiger partial charge in [-0.25, -0.2) is 0 Å². The standard InChI is InChI=1S/C20H34N4O2/c1-7-15(2)24-18(25)12-13-22-19(21-6)23-14-16-10-8-9-11-17(16)26-20(3,4)5/h8-11,15H,7,12-14H2,1-6H3,(H,24,25)(H2,21,22,23). The Labute approximate surface area is 157 Å². The van der Waals surface area contributed by atoms with Gasteiger partial charge < -0.3 is 20.7 Å². The summed E-state index contributed by atoms with van der Waals surface area (Å²) in [6.45, 7) is 11.3. The van der Waals surface area contributed by atoms with Gasteiger partial charge in [-0.15, -0.1) is 0 Å². The van der Waals surface area contributed by atoms with Gasteiger partial charge in [0.25, 0.3) is 0 Å². The summed E-state index contributed by atoms with van der Waals surface area (Å²) in [6, 6.07) is 8.16. The maximum Gasteiger partial charge on any atom is 0.221 e. The van der Waals surface area contributed by atoms with Gasteiger partial charge in [0.2, 0.25) is 5.91 Å². The number of nitrogens with zero attached hydrogens (tertiary/aromatic N) is 1. The summed E-state index contributed by atoms with van der Waals surface area (Å²) >= 11 is 0. The molecule has 0 saturated carbocycles. The third-order valence-electron chi connectivity index (χ3n) is 3.72. The molecule has 0 bridgehead atoms. The van der Waals surface area contributed by atoms with Crippen LogP contribution in [0.2, 0.25) is 0 Å². The minimum atomic E-state index is -0.251. The number of ether oxygens (including phenoxy) is 1. The second-order valence-electron chi connectivity index (χ2n) is 7.30. The fourth-order valence-corrected chi connectivity index (χ4v) is 2.22. The first-order valence-corrected chi connectivity index (χ1v) is 9.26. The predicted octanol–water partition coefficient (Wildman–Crippen LogP) is 2.83. The van der Waals surface area contributed by atoms with Crippen LogP contribution in [0.3, 0.4) is 0 Å². The third-order valence-corrected chi connectivity index (χ3v) is 3.72. The van der Waals surface area contributed by atoms with Crippen molar-refractivity contribution in [3.8, 4) is 5.75 Å². The molecule has 0 fully saturated rings. The van der Waals surface area contributed by atoms with E-state index in [-0.39, 0.29) is 17.6 Å². The third kappa shape index (κ3) is 8.74. The molecule has 1 amide bonds. The Morgan fingerprint density at radius 3 is 2.54 bits per heavy atom. The summed E-state index contributed by atoms with van der Waals surface area (Å²) < 4.78 is 6.01. The number of rotatable bonds is 8. The lowest BCUT2D eigenvalue weighted by atomic mass is 10.1. The summed E-state index contributed by atoms with van der Waals surface area (Å²) in [7, 11) is 1.71. The van der Waals surface area contributed by atoms with E-state index in [1.165, 1.54) is 0 Å². The normalized spacial score (nSPS) is 13.1. The van der Waals surface area contributed by atoms with Crippen LogP contribution in [0.15, 0.2) is 29.3 Å². The van der Waals surface area contributed by atoms with Gasteiger partial charge in [-0.3, -0.25) is 9.79 Å². The number of hydrogen-bond acceptors (Lipinski definition) is 3. The maximum atomic E-state index is 11.8. The fourth-order valence-electron chi connectivity index (χ4n) is 2.22. The number of amides is 1. The van der Waals surface area contributed by atoms with Gasteiger partial charge in [-0.1, -0.05) is 25.1 Å². The molecule has 0 heterocycles. The quantitative estimate of drug-likeness (QED) is 0.491. The summed E-state index contributed by atoms with van der Waals surface area (Å²) in [6.07, 6.45) is 1.34. The van der Waals surface area contributed by atoms with Crippen molar-refractivity contribution in [1.82, 2.24) is 16.0 Å². The van der Waals surface area contributed by atoms with Gasteiger partial charge in [-0.2, -0.15) is 0 Å². The molecule has 146 valence electrons. The monoisotopic (exact) mass is 362 g/mol. The van der Waals surface area contributed by atoms with Crippen molar-refractivity contribution >= 4 is 11.9 Å². The van der Waals surface area contributed by atoms with Crippen LogP contribution < -0.4 is 20.7 Å². The van der Waals surface area contributed by atoms with E-state index in [4.69, 9.17) is 4.74 Å². The number of nitrogens with one attached hydrogen (secondary N) is 3. The highest BCUT2D eigenvalue weighted by atomic mass is 16.5. The topological polar surface area (TPSA) is 74.8 Å². The summed E-state index contributed by atoms with van der Waals surface area (Å²) in [5.74, 6) is 1.56. The summed E-state index contributed by atoms with van der Waals surface area (Å²) in [5, 5.41) is 9.38. The van der Waals surface area contributed by atoms with E-state index in [0.29, 0.717) is 25.5 Å². The van der Waals surface area contributed by atoms with Crippen LogP contribution in [0.1, 0.15) is 53.0 Å². The van der Waals surface area contributed by atoms with Gasteiger partial charge in [0, 0.05) is 38.2 Å². The van der Waals surface area contributed by atoms with Crippen LogP contribution in [-0.2, 0) is 11.3 Å². The highest BCUT2D eigenvalue weighted by Gasteiger charge is 2.14. The SMILES string of the molecule is CCC(C)NC(=O)CCNC(=NC)NCc1ccccc1OC(C)(C)C. The van der Waals surface area contributed by atoms with Crippen molar-refractivity contribution in [2.45, 2.75) is 65.6 Å². The Morgan fingerprint density at radius 1 is 1.23 bits per heavy atom. The Kier molecular flexibility index (Phi) is 8.96. The first-order valence-electron chi connectivity index (χ1n) is 9.26. The Bertz CT molecular complexity index is 594. The lowest BCUT2D eigenvalue weighted by Gasteiger charge is -2.23. The highest BCUT2D eigenvalue weighted by molar-refractivity contribution is 5.81. The van der Waals surface area contributed by atoms with Gasteiger partial charge in [0.1, 0.15) is 11.4 Å². The number of carbonyl (C=O) groups excluding carboxylic acids is 1. The molecule has 26 heavy (non-hydrogen) atoms. The van der Waals surface area contributed by atoms with Crippen molar-refractivity contribution in [3.05, 3.63) is 29.8 Å². The van der Waals surface area contributed by atoms with Crippen LogP contribution in [0.5, 0.6) is 5.75 Å². The average molecular weight is 363 g/mol. The fraction of sp³-hybridized carbons (Fsp3) is 0.600. The van der Waals surface area contributed by atoms with Gasteiger partial charge in [0.05, 0.1) is 0 Å². The molecule has 1 aromatic carbocycles. The van der Waals surface area contributed by atoms with E-state index >= 15 is 0 Å². The largest absolute Gasteiger partial charge is 0.488 e. The Balaban J connectivity index is 2.49.